The van der Waals surface area contributed by atoms with Gasteiger partial charge in [-0.05, 0) is 48.0 Å². The van der Waals surface area contributed by atoms with E-state index in [4.69, 9.17) is 0 Å². The van der Waals surface area contributed by atoms with E-state index in [1.165, 1.54) is 72.8 Å². The molecule has 0 aliphatic carbocycles. The fourth-order valence-electron chi connectivity index (χ4n) is 2.51. The zero-order valence-electron chi connectivity index (χ0n) is 15.0. The van der Waals surface area contributed by atoms with Gasteiger partial charge in [-0.25, -0.2) is 8.42 Å². The van der Waals surface area contributed by atoms with Gasteiger partial charge in [0.2, 0.25) is 0 Å². The van der Waals surface area contributed by atoms with E-state index < -0.39 is 10.0 Å². The highest BCUT2D eigenvalue weighted by molar-refractivity contribution is 7.92. The van der Waals surface area contributed by atoms with Crippen molar-refractivity contribution in [2.75, 3.05) is 4.72 Å². The van der Waals surface area contributed by atoms with Crippen LogP contribution in [0, 0.1) is 0 Å². The van der Waals surface area contributed by atoms with Gasteiger partial charge < -0.3 is 15.3 Å². The molecule has 29 heavy (non-hydrogen) atoms. The lowest BCUT2D eigenvalue weighted by atomic mass is 10.1. The summed E-state index contributed by atoms with van der Waals surface area (Å²) in [5.74, 6) is -1.12. The summed E-state index contributed by atoms with van der Waals surface area (Å²) < 4.78 is 27.2. The van der Waals surface area contributed by atoms with Gasteiger partial charge in [0.25, 0.3) is 10.0 Å². The third kappa shape index (κ3) is 4.94. The lowest BCUT2D eigenvalue weighted by molar-refractivity contribution is 0.104. The number of hydrogen-bond donors (Lipinski definition) is 4. The smallest absolute Gasteiger partial charge is 0.262 e. The van der Waals surface area contributed by atoms with Crippen molar-refractivity contribution < 1.29 is 28.5 Å². The molecule has 0 amide bonds. The summed E-state index contributed by atoms with van der Waals surface area (Å²) in [6, 6.07) is 15.3. The molecule has 0 fully saturated rings. The molecule has 0 unspecified atom stereocenters. The molecule has 0 bridgehead atoms. The molecule has 0 saturated heterocycles. The lowest BCUT2D eigenvalue weighted by Gasteiger charge is -2.09. The minimum Gasteiger partial charge on any atom is -0.508 e. The number of phenolic OH excluding ortho intramolecular Hbond substituents is 3. The number of carbonyl (C=O) groups is 1. The first-order valence-corrected chi connectivity index (χ1v) is 9.89. The lowest BCUT2D eigenvalue weighted by Crippen LogP contribution is -2.13. The number of hydrogen-bond acceptors (Lipinski definition) is 6. The summed E-state index contributed by atoms with van der Waals surface area (Å²) in [4.78, 5) is 12.3. The fourth-order valence-corrected chi connectivity index (χ4v) is 3.60. The number of allylic oxidation sites excluding steroid dienone is 1. The number of phenols is 3. The maximum absolute atomic E-state index is 12.4. The fraction of sp³-hybridized carbons (Fsp3) is 0. The monoisotopic (exact) mass is 411 g/mol. The molecule has 0 saturated carbocycles. The Labute approximate surface area is 167 Å². The van der Waals surface area contributed by atoms with E-state index in [9.17, 15) is 28.5 Å². The number of nitrogens with one attached hydrogen (secondary N) is 1. The van der Waals surface area contributed by atoms with Gasteiger partial charge in [0, 0.05) is 17.3 Å². The van der Waals surface area contributed by atoms with E-state index in [2.05, 4.69) is 4.72 Å². The third-order valence-electron chi connectivity index (χ3n) is 3.95. The van der Waals surface area contributed by atoms with E-state index in [0.717, 1.165) is 6.07 Å². The van der Waals surface area contributed by atoms with Crippen LogP contribution in [0.1, 0.15) is 15.9 Å². The number of benzene rings is 3. The Morgan fingerprint density at radius 3 is 2.34 bits per heavy atom. The van der Waals surface area contributed by atoms with E-state index in [0.29, 0.717) is 5.56 Å². The van der Waals surface area contributed by atoms with E-state index in [1.54, 1.807) is 0 Å². The standard InChI is InChI=1S/C21H17NO6S/c23-17-5-2-6-18(13-17)29(27,28)22-16-4-1-3-15(12-16)19(24)9-7-14-8-10-20(25)21(26)11-14/h1-13,22-23,25-26H/b9-7+. The molecular weight excluding hydrogens is 394 g/mol. The molecule has 4 N–H and O–H groups in total. The van der Waals surface area contributed by atoms with Gasteiger partial charge >= 0.3 is 0 Å². The molecule has 0 heterocycles. The van der Waals surface area contributed by atoms with Crippen molar-refractivity contribution >= 4 is 27.6 Å². The SMILES string of the molecule is O=C(/C=C/c1ccc(O)c(O)c1)c1cccc(NS(=O)(=O)c2cccc(O)c2)c1. The Morgan fingerprint density at radius 2 is 1.62 bits per heavy atom. The highest BCUT2D eigenvalue weighted by Crippen LogP contribution is 2.25. The number of anilines is 1. The van der Waals surface area contributed by atoms with Crippen LogP contribution < -0.4 is 4.72 Å². The Kier molecular flexibility index (Phi) is 5.56. The van der Waals surface area contributed by atoms with E-state index >= 15 is 0 Å². The second kappa shape index (κ2) is 8.07. The molecule has 8 heteroatoms. The number of aromatic hydroxyl groups is 3. The molecule has 3 aromatic carbocycles. The largest absolute Gasteiger partial charge is 0.508 e. The molecule has 0 spiro atoms. The summed E-state index contributed by atoms with van der Waals surface area (Å²) in [5.41, 5.74) is 0.949. The van der Waals surface area contributed by atoms with Gasteiger partial charge in [-0.3, -0.25) is 9.52 Å². The van der Waals surface area contributed by atoms with Crippen molar-refractivity contribution in [3.05, 3.63) is 83.9 Å². The van der Waals surface area contributed by atoms with Crippen LogP contribution in [0.25, 0.3) is 6.08 Å². The highest BCUT2D eigenvalue weighted by atomic mass is 32.2. The van der Waals surface area contributed by atoms with Crippen molar-refractivity contribution in [2.24, 2.45) is 0 Å². The van der Waals surface area contributed by atoms with Crippen LogP contribution in [-0.4, -0.2) is 29.5 Å². The Morgan fingerprint density at radius 1 is 0.862 bits per heavy atom. The van der Waals surface area contributed by atoms with Crippen molar-refractivity contribution in [3.63, 3.8) is 0 Å². The first-order chi connectivity index (χ1) is 13.7. The van der Waals surface area contributed by atoms with Crippen LogP contribution in [0.4, 0.5) is 5.69 Å². The number of ketones is 1. The predicted molar refractivity (Wildman–Crippen MR) is 108 cm³/mol. The van der Waals surface area contributed by atoms with Crippen molar-refractivity contribution in [1.29, 1.82) is 0 Å². The summed E-state index contributed by atoms with van der Waals surface area (Å²) >= 11 is 0. The number of carbonyl (C=O) groups excluding carboxylic acids is 1. The number of rotatable bonds is 6. The van der Waals surface area contributed by atoms with Gasteiger partial charge in [0.1, 0.15) is 5.75 Å². The maximum atomic E-state index is 12.4. The van der Waals surface area contributed by atoms with E-state index in [-0.39, 0.29) is 39.2 Å². The minimum absolute atomic E-state index is 0.110. The first kappa shape index (κ1) is 20.0. The highest BCUT2D eigenvalue weighted by Gasteiger charge is 2.15. The minimum atomic E-state index is -3.93. The van der Waals surface area contributed by atoms with Crippen LogP contribution in [-0.2, 0) is 10.0 Å². The number of sulfonamides is 1. The zero-order chi connectivity index (χ0) is 21.0. The second-order valence-corrected chi connectivity index (χ2v) is 7.81. The summed E-state index contributed by atoms with van der Waals surface area (Å²) in [6.45, 7) is 0. The van der Waals surface area contributed by atoms with E-state index in [1.807, 2.05) is 0 Å². The molecular formula is C21H17NO6S. The molecule has 0 aromatic heterocycles. The Balaban J connectivity index is 1.79. The van der Waals surface area contributed by atoms with Crippen molar-refractivity contribution in [2.45, 2.75) is 4.90 Å². The Bertz CT molecular complexity index is 1200. The Hall–Kier alpha value is -3.78. The van der Waals surface area contributed by atoms with Gasteiger partial charge in [0.05, 0.1) is 4.90 Å². The van der Waals surface area contributed by atoms with Crippen LogP contribution in [0.15, 0.2) is 77.7 Å². The third-order valence-corrected chi connectivity index (χ3v) is 5.33. The van der Waals surface area contributed by atoms with Gasteiger partial charge in [-0.1, -0.05) is 30.3 Å². The molecule has 7 nitrogen and oxygen atoms in total. The van der Waals surface area contributed by atoms with Gasteiger partial charge in [-0.2, -0.15) is 0 Å². The molecule has 0 radical (unpaired) electrons. The second-order valence-electron chi connectivity index (χ2n) is 6.13. The van der Waals surface area contributed by atoms with Gasteiger partial charge in [0.15, 0.2) is 17.3 Å². The molecule has 0 aliphatic rings. The molecule has 0 aliphatic heterocycles. The molecule has 3 aromatic rings. The zero-order valence-corrected chi connectivity index (χ0v) is 15.8. The van der Waals surface area contributed by atoms with Crippen LogP contribution in [0.2, 0.25) is 0 Å². The van der Waals surface area contributed by atoms with Crippen molar-refractivity contribution in [3.8, 4) is 17.2 Å². The van der Waals surface area contributed by atoms with Crippen LogP contribution in [0.5, 0.6) is 17.2 Å². The normalized spacial score (nSPS) is 11.4. The topological polar surface area (TPSA) is 124 Å². The van der Waals surface area contributed by atoms with Crippen LogP contribution >= 0.6 is 0 Å². The van der Waals surface area contributed by atoms with Crippen molar-refractivity contribution in [1.82, 2.24) is 0 Å². The summed E-state index contributed by atoms with van der Waals surface area (Å²) in [7, 11) is -3.93. The summed E-state index contributed by atoms with van der Waals surface area (Å²) in [5, 5.41) is 28.3. The molecule has 3 rings (SSSR count). The average Bonchev–Trinajstić information content (AvgIpc) is 2.68. The van der Waals surface area contributed by atoms with Crippen LogP contribution in [0.3, 0.4) is 0 Å². The maximum Gasteiger partial charge on any atom is 0.262 e. The first-order valence-electron chi connectivity index (χ1n) is 8.41. The quantitative estimate of drug-likeness (QED) is 0.280. The average molecular weight is 411 g/mol. The molecule has 148 valence electrons. The predicted octanol–water partition coefficient (Wildman–Crippen LogP) is 3.50. The molecule has 0 atom stereocenters. The van der Waals surface area contributed by atoms with Gasteiger partial charge in [-0.15, -0.1) is 0 Å². The summed E-state index contributed by atoms with van der Waals surface area (Å²) in [6.07, 6.45) is 2.74.